The van der Waals surface area contributed by atoms with Crippen LogP contribution in [0.4, 0.5) is 0 Å². The van der Waals surface area contributed by atoms with E-state index in [1.54, 1.807) is 0 Å². The van der Waals surface area contributed by atoms with Crippen molar-refractivity contribution in [1.82, 2.24) is 0 Å². The van der Waals surface area contributed by atoms with E-state index in [1.165, 1.54) is 57.8 Å². The van der Waals surface area contributed by atoms with Gasteiger partial charge in [-0.1, -0.05) is 268 Å². The van der Waals surface area contributed by atoms with Gasteiger partial charge in [-0.2, -0.15) is 0 Å². The predicted octanol–water partition coefficient (Wildman–Crippen LogP) is 23.0. The van der Waals surface area contributed by atoms with E-state index in [-0.39, 0.29) is 31.1 Å². The Hall–Kier alpha value is -5.23. The van der Waals surface area contributed by atoms with Gasteiger partial charge in [0, 0.05) is 19.3 Å². The molecule has 0 aromatic carbocycles. The summed E-state index contributed by atoms with van der Waals surface area (Å²) in [7, 11) is 0. The van der Waals surface area contributed by atoms with Gasteiger partial charge in [-0.3, -0.25) is 14.4 Å². The second-order valence-electron chi connectivity index (χ2n) is 21.3. The van der Waals surface area contributed by atoms with Crippen LogP contribution >= 0.6 is 0 Å². The third-order valence-electron chi connectivity index (χ3n) is 13.4. The van der Waals surface area contributed by atoms with Crippen LogP contribution in [0.2, 0.25) is 0 Å². The molecule has 0 aromatic heterocycles. The fraction of sp³-hybridized carbons (Fsp3) is 0.592. The van der Waals surface area contributed by atoms with Gasteiger partial charge in [0.25, 0.3) is 0 Å². The highest BCUT2D eigenvalue weighted by Crippen LogP contribution is 2.14. The minimum Gasteiger partial charge on any atom is -0.462 e. The first-order chi connectivity index (χ1) is 40.5. The Balaban J connectivity index is 4.34. The van der Waals surface area contributed by atoms with Gasteiger partial charge in [-0.15, -0.1) is 0 Å². The summed E-state index contributed by atoms with van der Waals surface area (Å²) in [6.07, 6.45) is 101. The first-order valence-electron chi connectivity index (χ1n) is 33.1. The zero-order valence-electron chi connectivity index (χ0n) is 52.7. The standard InChI is InChI=1S/C76H120O6/c1-4-7-10-13-16-19-22-25-27-29-30-31-32-33-34-35-36-37-38-39-40-41-42-43-44-45-46-48-49-51-54-57-60-63-66-69-75(78)81-72-73(71-80-74(77)68-65-62-59-56-53-24-21-18-15-12-9-6-3)82-76(79)70-67-64-61-58-55-52-50-47-28-26-23-20-17-14-11-8-5-2/h7-8,10-11,16-21,25-28,30-31,33-34,36-37,39-40,42-43,45-46,49,51,73H,4-6,9,12-15,22-24,29,32,35,38,41,44,47-48,50,52-72H2,1-3H3/b10-7-,11-8-,19-16-,20-17-,21-18-,27-25-,28-26-,31-30-,34-33-,37-36-,40-39-,43-42-,46-45-,51-49-. The third kappa shape index (κ3) is 65.6. The molecule has 0 bridgehead atoms. The van der Waals surface area contributed by atoms with E-state index >= 15 is 0 Å². The lowest BCUT2D eigenvalue weighted by Crippen LogP contribution is -2.30. The highest BCUT2D eigenvalue weighted by atomic mass is 16.6. The summed E-state index contributed by atoms with van der Waals surface area (Å²) in [6, 6.07) is 0. The molecule has 0 aliphatic carbocycles. The Morgan fingerprint density at radius 1 is 0.256 bits per heavy atom. The zero-order valence-corrected chi connectivity index (χ0v) is 52.7. The summed E-state index contributed by atoms with van der Waals surface area (Å²) in [5.74, 6) is -0.949. The molecule has 1 atom stereocenters. The molecule has 1 unspecified atom stereocenters. The topological polar surface area (TPSA) is 78.9 Å². The van der Waals surface area contributed by atoms with Crippen LogP contribution in [0.3, 0.4) is 0 Å². The van der Waals surface area contributed by atoms with Crippen molar-refractivity contribution in [3.63, 3.8) is 0 Å². The molecule has 82 heavy (non-hydrogen) atoms. The molecule has 0 radical (unpaired) electrons. The molecular formula is C76H120O6. The van der Waals surface area contributed by atoms with Crippen molar-refractivity contribution >= 4 is 17.9 Å². The van der Waals surface area contributed by atoms with E-state index in [4.69, 9.17) is 14.2 Å². The van der Waals surface area contributed by atoms with Crippen LogP contribution in [0.1, 0.15) is 271 Å². The van der Waals surface area contributed by atoms with Crippen LogP contribution in [-0.2, 0) is 28.6 Å². The molecule has 0 aliphatic heterocycles. The number of esters is 3. The summed E-state index contributed by atoms with van der Waals surface area (Å²) < 4.78 is 16.9. The first-order valence-corrected chi connectivity index (χ1v) is 33.1. The van der Waals surface area contributed by atoms with Crippen molar-refractivity contribution < 1.29 is 28.6 Å². The molecule has 0 heterocycles. The molecule has 0 saturated carbocycles. The number of hydrogen-bond acceptors (Lipinski definition) is 6. The monoisotopic (exact) mass is 1130 g/mol. The van der Waals surface area contributed by atoms with Gasteiger partial charge in [0.2, 0.25) is 0 Å². The van der Waals surface area contributed by atoms with Gasteiger partial charge in [-0.05, 0) is 154 Å². The van der Waals surface area contributed by atoms with E-state index in [0.29, 0.717) is 19.3 Å². The molecule has 0 fully saturated rings. The molecule has 0 rings (SSSR count). The Bertz CT molecular complexity index is 1870. The number of hydrogen-bond donors (Lipinski definition) is 0. The minimum absolute atomic E-state index is 0.101. The molecule has 6 nitrogen and oxygen atoms in total. The SMILES string of the molecule is CC/C=C\C/C=C\C/C=C\C/C=C\C/C=C\C/C=C\C/C=C\C/C=C\C/C=C\C/C=C\CCCCCCC(=O)OCC(COC(=O)CCCCCCC/C=C\CCCCC)OC(=O)CCCCCCCCC/C=C\C/C=C\C/C=C\CC. The van der Waals surface area contributed by atoms with Crippen molar-refractivity contribution in [2.75, 3.05) is 13.2 Å². The molecule has 0 spiro atoms. The van der Waals surface area contributed by atoms with Crippen molar-refractivity contribution in [3.8, 4) is 0 Å². The Morgan fingerprint density at radius 2 is 0.476 bits per heavy atom. The summed E-state index contributed by atoms with van der Waals surface area (Å²) in [5, 5.41) is 0. The van der Waals surface area contributed by atoms with Crippen LogP contribution in [-0.4, -0.2) is 37.2 Å². The maximum atomic E-state index is 12.9. The second kappa shape index (κ2) is 68.3. The number of carbonyl (C=O) groups is 3. The lowest BCUT2D eigenvalue weighted by Gasteiger charge is -2.18. The maximum absolute atomic E-state index is 12.9. The van der Waals surface area contributed by atoms with Crippen molar-refractivity contribution in [2.45, 2.75) is 277 Å². The van der Waals surface area contributed by atoms with E-state index in [9.17, 15) is 14.4 Å². The molecule has 6 heteroatoms. The van der Waals surface area contributed by atoms with Gasteiger partial charge in [0.1, 0.15) is 13.2 Å². The lowest BCUT2D eigenvalue weighted by atomic mass is 10.1. The van der Waals surface area contributed by atoms with Gasteiger partial charge in [0.05, 0.1) is 0 Å². The second-order valence-corrected chi connectivity index (χ2v) is 21.3. The predicted molar refractivity (Wildman–Crippen MR) is 357 cm³/mol. The molecule has 460 valence electrons. The Kier molecular flexibility index (Phi) is 63.9. The third-order valence-corrected chi connectivity index (χ3v) is 13.4. The minimum atomic E-state index is -0.806. The molecule has 0 saturated heterocycles. The van der Waals surface area contributed by atoms with Crippen LogP contribution in [0.5, 0.6) is 0 Å². The largest absolute Gasteiger partial charge is 0.462 e. The Morgan fingerprint density at radius 3 is 0.756 bits per heavy atom. The van der Waals surface area contributed by atoms with Crippen molar-refractivity contribution in [1.29, 1.82) is 0 Å². The highest BCUT2D eigenvalue weighted by molar-refractivity contribution is 5.71. The number of ether oxygens (including phenoxy) is 3. The maximum Gasteiger partial charge on any atom is 0.306 e. The average Bonchev–Trinajstić information content (AvgIpc) is 3.47. The first kappa shape index (κ1) is 76.8. The summed E-state index contributed by atoms with van der Waals surface area (Å²) in [4.78, 5) is 38.3. The smallest absolute Gasteiger partial charge is 0.306 e. The highest BCUT2D eigenvalue weighted by Gasteiger charge is 2.19. The van der Waals surface area contributed by atoms with E-state index in [2.05, 4.69) is 191 Å². The van der Waals surface area contributed by atoms with Crippen LogP contribution in [0.15, 0.2) is 170 Å². The number of allylic oxidation sites excluding steroid dienone is 28. The van der Waals surface area contributed by atoms with Crippen LogP contribution < -0.4 is 0 Å². The molecule has 0 aromatic rings. The fourth-order valence-corrected chi connectivity index (χ4v) is 8.54. The summed E-state index contributed by atoms with van der Waals surface area (Å²) in [6.45, 7) is 6.35. The van der Waals surface area contributed by atoms with Crippen LogP contribution in [0, 0.1) is 0 Å². The normalized spacial score (nSPS) is 13.3. The van der Waals surface area contributed by atoms with Gasteiger partial charge in [-0.25, -0.2) is 0 Å². The van der Waals surface area contributed by atoms with E-state index in [0.717, 1.165) is 173 Å². The summed E-state index contributed by atoms with van der Waals surface area (Å²) >= 11 is 0. The molecule has 0 aliphatic rings. The number of rotatable bonds is 58. The Labute approximate surface area is 504 Å². The van der Waals surface area contributed by atoms with E-state index in [1.807, 2.05) is 0 Å². The molecule has 0 amide bonds. The van der Waals surface area contributed by atoms with Crippen LogP contribution in [0.25, 0.3) is 0 Å². The average molecular weight is 1130 g/mol. The van der Waals surface area contributed by atoms with Crippen molar-refractivity contribution in [2.24, 2.45) is 0 Å². The molecular weight excluding hydrogens is 1010 g/mol. The number of unbranched alkanes of at least 4 members (excludes halogenated alkanes) is 19. The fourth-order valence-electron chi connectivity index (χ4n) is 8.54. The van der Waals surface area contributed by atoms with Gasteiger partial charge >= 0.3 is 17.9 Å². The summed E-state index contributed by atoms with van der Waals surface area (Å²) in [5.41, 5.74) is 0. The number of carbonyl (C=O) groups excluding carboxylic acids is 3. The van der Waals surface area contributed by atoms with Crippen molar-refractivity contribution in [3.05, 3.63) is 170 Å². The van der Waals surface area contributed by atoms with Gasteiger partial charge in [0.15, 0.2) is 6.10 Å². The van der Waals surface area contributed by atoms with E-state index < -0.39 is 6.10 Å². The quantitative estimate of drug-likeness (QED) is 0.0261. The lowest BCUT2D eigenvalue weighted by molar-refractivity contribution is -0.167. The van der Waals surface area contributed by atoms with Gasteiger partial charge < -0.3 is 14.2 Å². The zero-order chi connectivity index (χ0) is 59.2. The molecule has 0 N–H and O–H groups in total.